The van der Waals surface area contributed by atoms with E-state index in [1.165, 1.54) is 6.07 Å². The van der Waals surface area contributed by atoms with Gasteiger partial charge in [-0.1, -0.05) is 75.4 Å². The highest BCUT2D eigenvalue weighted by molar-refractivity contribution is 6.38. The number of halogens is 2. The SMILES string of the molecule is [B]c1nc(-c2cccc3c2oc2c(-c4cccc5ccccc45)c(F)ccc23)c([B])c(F)c1C(C)(C)C. The minimum atomic E-state index is -0.592. The van der Waals surface area contributed by atoms with Crippen LogP contribution in [0.1, 0.15) is 26.3 Å². The largest absolute Gasteiger partial charge is 0.455 e. The molecular weight excluding hydrogens is 462 g/mol. The molecule has 2 nitrogen and oxygen atoms in total. The second kappa shape index (κ2) is 8.31. The van der Waals surface area contributed by atoms with E-state index in [1.807, 2.05) is 75.4 Å². The third-order valence-electron chi connectivity index (χ3n) is 6.88. The van der Waals surface area contributed by atoms with Crippen molar-refractivity contribution in [1.82, 2.24) is 4.98 Å². The fraction of sp³-hybridized carbons (Fsp3) is 0.129. The lowest BCUT2D eigenvalue weighted by atomic mass is 9.76. The molecule has 0 amide bonds. The number of aromatic nitrogens is 1. The molecule has 2 aromatic heterocycles. The Bertz CT molecular complexity index is 1860. The maximum absolute atomic E-state index is 15.5. The summed E-state index contributed by atoms with van der Waals surface area (Å²) in [4.78, 5) is 4.51. The molecule has 6 aromatic rings. The van der Waals surface area contributed by atoms with Crippen LogP contribution in [-0.4, -0.2) is 20.7 Å². The molecule has 0 spiro atoms. The highest BCUT2D eigenvalue weighted by Gasteiger charge is 2.26. The zero-order valence-electron chi connectivity index (χ0n) is 20.7. The first-order valence-electron chi connectivity index (χ1n) is 12.0. The molecule has 0 aliphatic heterocycles. The second-order valence-corrected chi connectivity index (χ2v) is 10.3. The molecule has 0 atom stereocenters. The fourth-order valence-electron chi connectivity index (χ4n) is 5.23. The molecule has 0 unspecified atom stereocenters. The van der Waals surface area contributed by atoms with E-state index in [0.29, 0.717) is 22.3 Å². The van der Waals surface area contributed by atoms with Gasteiger partial charge in [0.15, 0.2) is 0 Å². The standard InChI is InChI=1S/C31H21B2F2NO/c1-31(2,3)24-26(35)25(32)27(36-30(24)33)21-13-7-12-19-20-14-15-22(34)23(29(20)37-28(19)21)18-11-6-9-16-8-4-5-10-17(16)18/h4-15H,1-3H3. The zero-order chi connectivity index (χ0) is 26.1. The third-order valence-corrected chi connectivity index (χ3v) is 6.88. The minimum Gasteiger partial charge on any atom is -0.455 e. The van der Waals surface area contributed by atoms with Crippen molar-refractivity contribution in [3.63, 3.8) is 0 Å². The number of nitrogens with zero attached hydrogens (tertiary/aromatic N) is 1. The molecule has 0 aliphatic rings. The van der Waals surface area contributed by atoms with Gasteiger partial charge in [0.05, 0.1) is 11.3 Å². The van der Waals surface area contributed by atoms with Gasteiger partial charge in [0.1, 0.15) is 38.5 Å². The Kier molecular flexibility index (Phi) is 5.27. The molecule has 0 bridgehead atoms. The van der Waals surface area contributed by atoms with E-state index in [9.17, 15) is 0 Å². The maximum atomic E-state index is 15.5. The Morgan fingerprint density at radius 3 is 2.16 bits per heavy atom. The van der Waals surface area contributed by atoms with Crippen LogP contribution in [0.2, 0.25) is 0 Å². The molecule has 6 rings (SSSR count). The number of fused-ring (bicyclic) bond motifs is 4. The van der Waals surface area contributed by atoms with E-state index in [0.717, 1.165) is 27.1 Å². The maximum Gasteiger partial charge on any atom is 0.146 e. The van der Waals surface area contributed by atoms with Crippen LogP contribution in [-0.2, 0) is 5.41 Å². The highest BCUT2D eigenvalue weighted by atomic mass is 19.1. The van der Waals surface area contributed by atoms with Crippen molar-refractivity contribution in [2.45, 2.75) is 26.2 Å². The number of furan rings is 1. The summed E-state index contributed by atoms with van der Waals surface area (Å²) in [5, 5.41) is 3.39. The predicted molar refractivity (Wildman–Crippen MR) is 149 cm³/mol. The Balaban J connectivity index is 1.67. The van der Waals surface area contributed by atoms with Crippen LogP contribution in [0.3, 0.4) is 0 Å². The highest BCUT2D eigenvalue weighted by Crippen LogP contribution is 2.42. The van der Waals surface area contributed by atoms with Gasteiger partial charge in [-0.3, -0.25) is 4.98 Å². The molecular formula is C31H21B2F2NO. The Hall–Kier alpha value is -3.92. The lowest BCUT2D eigenvalue weighted by molar-refractivity contribution is 0.529. The van der Waals surface area contributed by atoms with Crippen LogP contribution in [0, 0.1) is 11.6 Å². The van der Waals surface area contributed by atoms with Gasteiger partial charge < -0.3 is 4.42 Å². The van der Waals surface area contributed by atoms with E-state index < -0.39 is 17.0 Å². The summed E-state index contributed by atoms with van der Waals surface area (Å²) in [6, 6.07) is 22.2. The summed E-state index contributed by atoms with van der Waals surface area (Å²) in [6.45, 7) is 5.56. The van der Waals surface area contributed by atoms with Gasteiger partial charge >= 0.3 is 0 Å². The average Bonchev–Trinajstić information content (AvgIpc) is 3.24. The number of hydrogen-bond donors (Lipinski definition) is 0. The molecule has 0 saturated carbocycles. The zero-order valence-corrected chi connectivity index (χ0v) is 20.7. The van der Waals surface area contributed by atoms with Gasteiger partial charge in [-0.05, 0) is 51.0 Å². The third kappa shape index (κ3) is 3.58. The predicted octanol–water partition coefficient (Wildman–Crippen LogP) is 6.63. The van der Waals surface area contributed by atoms with Gasteiger partial charge in [0.25, 0.3) is 0 Å². The summed E-state index contributed by atoms with van der Waals surface area (Å²) in [5.74, 6) is -0.988. The first-order valence-corrected chi connectivity index (χ1v) is 12.0. The van der Waals surface area contributed by atoms with Gasteiger partial charge in [0, 0.05) is 21.9 Å². The smallest absolute Gasteiger partial charge is 0.146 e. The van der Waals surface area contributed by atoms with Crippen molar-refractivity contribution < 1.29 is 13.2 Å². The Labute approximate surface area is 216 Å². The van der Waals surface area contributed by atoms with E-state index >= 15 is 8.78 Å². The first-order chi connectivity index (χ1) is 17.7. The molecule has 4 radical (unpaired) electrons. The first kappa shape index (κ1) is 23.5. The van der Waals surface area contributed by atoms with Crippen molar-refractivity contribution in [1.29, 1.82) is 0 Å². The van der Waals surface area contributed by atoms with Gasteiger partial charge in [-0.25, -0.2) is 8.78 Å². The van der Waals surface area contributed by atoms with Crippen molar-refractivity contribution in [2.24, 2.45) is 0 Å². The Morgan fingerprint density at radius 1 is 0.730 bits per heavy atom. The lowest BCUT2D eigenvalue weighted by Crippen LogP contribution is -2.34. The van der Waals surface area contributed by atoms with E-state index in [-0.39, 0.29) is 22.3 Å². The quantitative estimate of drug-likeness (QED) is 0.259. The number of rotatable bonds is 2. The molecule has 37 heavy (non-hydrogen) atoms. The van der Waals surface area contributed by atoms with E-state index in [1.54, 1.807) is 12.1 Å². The van der Waals surface area contributed by atoms with Crippen LogP contribution in [0.5, 0.6) is 0 Å². The monoisotopic (exact) mass is 483 g/mol. The summed E-state index contributed by atoms with van der Waals surface area (Å²) >= 11 is 0. The second-order valence-electron chi connectivity index (χ2n) is 10.3. The number of hydrogen-bond acceptors (Lipinski definition) is 2. The topological polar surface area (TPSA) is 26.0 Å². The van der Waals surface area contributed by atoms with Crippen LogP contribution < -0.4 is 11.1 Å². The van der Waals surface area contributed by atoms with Crippen LogP contribution in [0.15, 0.2) is 77.2 Å². The van der Waals surface area contributed by atoms with E-state index in [2.05, 4.69) is 4.98 Å². The van der Waals surface area contributed by atoms with Crippen molar-refractivity contribution in [3.8, 4) is 22.4 Å². The van der Waals surface area contributed by atoms with E-state index in [4.69, 9.17) is 20.1 Å². The van der Waals surface area contributed by atoms with Crippen molar-refractivity contribution in [2.75, 3.05) is 0 Å². The summed E-state index contributed by atoms with van der Waals surface area (Å²) in [6.07, 6.45) is 0. The molecule has 4 aromatic carbocycles. The summed E-state index contributed by atoms with van der Waals surface area (Å²) < 4.78 is 37.3. The number of benzene rings is 4. The average molecular weight is 483 g/mol. The van der Waals surface area contributed by atoms with Crippen LogP contribution in [0.25, 0.3) is 55.1 Å². The summed E-state index contributed by atoms with van der Waals surface area (Å²) in [5.41, 5.74) is 2.27. The minimum absolute atomic E-state index is 0.0739. The van der Waals surface area contributed by atoms with Gasteiger partial charge in [-0.15, -0.1) is 0 Å². The van der Waals surface area contributed by atoms with Gasteiger partial charge in [-0.2, -0.15) is 0 Å². The number of para-hydroxylation sites is 1. The van der Waals surface area contributed by atoms with Crippen molar-refractivity contribution >= 4 is 59.5 Å². The number of pyridine rings is 1. The fourth-order valence-corrected chi connectivity index (χ4v) is 5.23. The molecule has 0 aliphatic carbocycles. The van der Waals surface area contributed by atoms with Crippen molar-refractivity contribution in [3.05, 3.63) is 90.0 Å². The van der Waals surface area contributed by atoms with Gasteiger partial charge in [0.2, 0.25) is 0 Å². The molecule has 6 heteroatoms. The van der Waals surface area contributed by atoms with Crippen LogP contribution in [0.4, 0.5) is 8.78 Å². The molecule has 0 N–H and O–H groups in total. The molecule has 2 heterocycles. The normalized spacial score (nSPS) is 12.1. The Morgan fingerprint density at radius 2 is 1.38 bits per heavy atom. The molecule has 176 valence electrons. The molecule has 0 saturated heterocycles. The lowest BCUT2D eigenvalue weighted by Gasteiger charge is -2.24. The molecule has 0 fully saturated rings. The van der Waals surface area contributed by atoms with Crippen LogP contribution >= 0.6 is 0 Å². The summed E-state index contributed by atoms with van der Waals surface area (Å²) in [7, 11) is 12.5.